The summed E-state index contributed by atoms with van der Waals surface area (Å²) < 4.78 is 42.6. The fourth-order valence-corrected chi connectivity index (χ4v) is 6.60. The fourth-order valence-electron chi connectivity index (χ4n) is 4.62. The second kappa shape index (κ2) is 9.08. The van der Waals surface area contributed by atoms with Crippen molar-refractivity contribution in [2.24, 2.45) is 0 Å². The summed E-state index contributed by atoms with van der Waals surface area (Å²) in [5.74, 6) is -0.789. The van der Waals surface area contributed by atoms with Crippen molar-refractivity contribution < 1.29 is 17.6 Å². The lowest BCUT2D eigenvalue weighted by molar-refractivity contribution is -0.125. The van der Waals surface area contributed by atoms with Crippen LogP contribution in [0.1, 0.15) is 33.4 Å². The van der Waals surface area contributed by atoms with Crippen molar-refractivity contribution in [2.75, 3.05) is 0 Å². The van der Waals surface area contributed by atoms with E-state index in [-0.39, 0.29) is 30.2 Å². The molecule has 1 N–H and O–H groups in total. The summed E-state index contributed by atoms with van der Waals surface area (Å²) in [6, 6.07) is 16.3. The van der Waals surface area contributed by atoms with E-state index in [0.717, 1.165) is 16.7 Å². The third-order valence-corrected chi connectivity index (χ3v) is 8.20. The Morgan fingerprint density at radius 1 is 1.00 bits per heavy atom. The van der Waals surface area contributed by atoms with Gasteiger partial charge in [-0.2, -0.15) is 4.31 Å². The average molecular weight is 467 g/mol. The molecule has 1 unspecified atom stereocenters. The number of fused-ring (bicyclic) bond motifs is 1. The van der Waals surface area contributed by atoms with Crippen molar-refractivity contribution in [3.05, 3.63) is 99.9 Å². The molecule has 0 saturated carbocycles. The molecule has 0 bridgehead atoms. The summed E-state index contributed by atoms with van der Waals surface area (Å²) in [4.78, 5) is 13.5. The quantitative estimate of drug-likeness (QED) is 0.613. The molecule has 0 aliphatic carbocycles. The number of sulfonamides is 1. The predicted octanol–water partition coefficient (Wildman–Crippen LogP) is 4.18. The van der Waals surface area contributed by atoms with Gasteiger partial charge in [0.15, 0.2) is 0 Å². The number of nitrogens with one attached hydrogen (secondary N) is 1. The number of hydrogen-bond donors (Lipinski definition) is 1. The summed E-state index contributed by atoms with van der Waals surface area (Å²) in [7, 11) is -3.95. The molecule has 1 amide bonds. The molecule has 3 aromatic rings. The molecule has 1 heterocycles. The monoisotopic (exact) mass is 466 g/mol. The molecule has 3 aromatic carbocycles. The van der Waals surface area contributed by atoms with Gasteiger partial charge in [0.1, 0.15) is 11.9 Å². The first kappa shape index (κ1) is 23.1. The zero-order chi connectivity index (χ0) is 23.8. The first-order valence-electron chi connectivity index (χ1n) is 10.9. The predicted molar refractivity (Wildman–Crippen MR) is 126 cm³/mol. The zero-order valence-corrected chi connectivity index (χ0v) is 19.7. The molecule has 0 saturated heterocycles. The van der Waals surface area contributed by atoms with Gasteiger partial charge in [-0.15, -0.1) is 0 Å². The van der Waals surface area contributed by atoms with E-state index in [1.54, 1.807) is 26.0 Å². The zero-order valence-electron chi connectivity index (χ0n) is 18.9. The molecule has 0 radical (unpaired) electrons. The van der Waals surface area contributed by atoms with Gasteiger partial charge in [0.25, 0.3) is 0 Å². The Hall–Kier alpha value is -3.03. The first-order valence-corrected chi connectivity index (χ1v) is 12.3. The maximum absolute atomic E-state index is 13.9. The molecular weight excluding hydrogens is 439 g/mol. The molecule has 0 aromatic heterocycles. The minimum atomic E-state index is -3.95. The maximum Gasteiger partial charge on any atom is 0.244 e. The first-order chi connectivity index (χ1) is 15.7. The number of nitrogens with zero attached hydrogens (tertiary/aromatic N) is 1. The average Bonchev–Trinajstić information content (AvgIpc) is 2.75. The van der Waals surface area contributed by atoms with E-state index in [4.69, 9.17) is 0 Å². The number of halogens is 1. The van der Waals surface area contributed by atoms with Gasteiger partial charge in [-0.25, -0.2) is 12.8 Å². The van der Waals surface area contributed by atoms with Crippen molar-refractivity contribution in [3.8, 4) is 0 Å². The molecule has 1 aliphatic rings. The van der Waals surface area contributed by atoms with Gasteiger partial charge in [-0.05, 0) is 67.1 Å². The topological polar surface area (TPSA) is 66.5 Å². The standard InChI is InChI=1S/C26H27FN2O3S/c1-17-11-18(2)25(19(3)12-17)33(31,32)29-16-22-9-5-4-8-21(22)14-24(29)26(30)28-15-20-7-6-10-23(27)13-20/h4-13,24H,14-16H2,1-3H3,(H,28,30). The van der Waals surface area contributed by atoms with Crippen LogP contribution in [0.15, 0.2) is 65.6 Å². The molecule has 1 atom stereocenters. The van der Waals surface area contributed by atoms with E-state index in [1.807, 2.05) is 43.3 Å². The van der Waals surface area contributed by atoms with Crippen molar-refractivity contribution in [1.82, 2.24) is 9.62 Å². The van der Waals surface area contributed by atoms with E-state index in [9.17, 15) is 17.6 Å². The van der Waals surface area contributed by atoms with Crippen LogP contribution >= 0.6 is 0 Å². The van der Waals surface area contributed by atoms with Crippen molar-refractivity contribution in [1.29, 1.82) is 0 Å². The highest BCUT2D eigenvalue weighted by Gasteiger charge is 2.40. The SMILES string of the molecule is Cc1cc(C)c(S(=O)(=O)N2Cc3ccccc3CC2C(=O)NCc2cccc(F)c2)c(C)c1. The fraction of sp³-hybridized carbons (Fsp3) is 0.269. The highest BCUT2D eigenvalue weighted by Crippen LogP contribution is 2.32. The lowest BCUT2D eigenvalue weighted by Gasteiger charge is -2.35. The smallest absolute Gasteiger partial charge is 0.244 e. The summed E-state index contributed by atoms with van der Waals surface area (Å²) in [5.41, 5.74) is 4.75. The summed E-state index contributed by atoms with van der Waals surface area (Å²) in [6.07, 6.45) is 0.272. The van der Waals surface area contributed by atoms with Gasteiger partial charge < -0.3 is 5.32 Å². The number of amides is 1. The number of aryl methyl sites for hydroxylation is 3. The Morgan fingerprint density at radius 3 is 2.33 bits per heavy atom. The molecular formula is C26H27FN2O3S. The van der Waals surface area contributed by atoms with Crippen LogP contribution in [0, 0.1) is 26.6 Å². The van der Waals surface area contributed by atoms with Crippen molar-refractivity contribution in [3.63, 3.8) is 0 Å². The second-order valence-corrected chi connectivity index (χ2v) is 10.4. The summed E-state index contributed by atoms with van der Waals surface area (Å²) >= 11 is 0. The van der Waals surface area contributed by atoms with Crippen LogP contribution in [0.5, 0.6) is 0 Å². The van der Waals surface area contributed by atoms with Crippen molar-refractivity contribution in [2.45, 2.75) is 51.2 Å². The number of hydrogen-bond acceptors (Lipinski definition) is 3. The van der Waals surface area contributed by atoms with E-state index >= 15 is 0 Å². The Bertz CT molecular complexity index is 1300. The number of rotatable bonds is 5. The van der Waals surface area contributed by atoms with Gasteiger partial charge in [-0.3, -0.25) is 4.79 Å². The maximum atomic E-state index is 13.9. The van der Waals surface area contributed by atoms with Crippen LogP contribution in [-0.4, -0.2) is 24.7 Å². The van der Waals surface area contributed by atoms with Crippen LogP contribution in [0.2, 0.25) is 0 Å². The molecule has 33 heavy (non-hydrogen) atoms. The third kappa shape index (κ3) is 4.70. The molecule has 7 heteroatoms. The van der Waals surface area contributed by atoms with Crippen LogP contribution in [0.4, 0.5) is 4.39 Å². The van der Waals surface area contributed by atoms with Gasteiger partial charge in [0, 0.05) is 13.1 Å². The second-order valence-electron chi connectivity index (χ2n) is 8.61. The van der Waals surface area contributed by atoms with Crippen LogP contribution in [-0.2, 0) is 34.3 Å². The lowest BCUT2D eigenvalue weighted by Crippen LogP contribution is -2.52. The number of benzene rings is 3. The Labute approximate surface area is 194 Å². The Balaban J connectivity index is 1.70. The lowest BCUT2D eigenvalue weighted by atomic mass is 9.95. The molecule has 0 spiro atoms. The van der Waals surface area contributed by atoms with E-state index in [0.29, 0.717) is 16.7 Å². The summed E-state index contributed by atoms with van der Waals surface area (Å²) in [6.45, 7) is 5.72. The van der Waals surface area contributed by atoms with Gasteiger partial charge >= 0.3 is 0 Å². The highest BCUT2D eigenvalue weighted by molar-refractivity contribution is 7.89. The Morgan fingerprint density at radius 2 is 1.67 bits per heavy atom. The minimum Gasteiger partial charge on any atom is -0.351 e. The van der Waals surface area contributed by atoms with Gasteiger partial charge in [0.05, 0.1) is 4.90 Å². The van der Waals surface area contributed by atoms with Crippen molar-refractivity contribution >= 4 is 15.9 Å². The van der Waals surface area contributed by atoms with Crippen LogP contribution < -0.4 is 5.32 Å². The third-order valence-electron chi connectivity index (χ3n) is 6.04. The molecule has 4 rings (SSSR count). The molecule has 172 valence electrons. The molecule has 1 aliphatic heterocycles. The van der Waals surface area contributed by atoms with E-state index < -0.39 is 22.0 Å². The van der Waals surface area contributed by atoms with E-state index in [1.165, 1.54) is 16.4 Å². The summed E-state index contributed by atoms with van der Waals surface area (Å²) in [5, 5.41) is 2.81. The van der Waals surface area contributed by atoms with Crippen LogP contribution in [0.3, 0.4) is 0 Å². The minimum absolute atomic E-state index is 0.114. The Kier molecular flexibility index (Phi) is 6.36. The van der Waals surface area contributed by atoms with E-state index in [2.05, 4.69) is 5.32 Å². The largest absolute Gasteiger partial charge is 0.351 e. The van der Waals surface area contributed by atoms with Gasteiger partial charge in [0.2, 0.25) is 15.9 Å². The highest BCUT2D eigenvalue weighted by atomic mass is 32.2. The molecule has 5 nitrogen and oxygen atoms in total. The number of carbonyl (C=O) groups is 1. The molecule has 0 fully saturated rings. The van der Waals surface area contributed by atoms with Gasteiger partial charge in [-0.1, -0.05) is 54.1 Å². The number of carbonyl (C=O) groups excluding carboxylic acids is 1. The normalized spacial score (nSPS) is 16.3. The van der Waals surface area contributed by atoms with Crippen LogP contribution in [0.25, 0.3) is 0 Å².